The summed E-state index contributed by atoms with van der Waals surface area (Å²) in [6.07, 6.45) is 10.7. The van der Waals surface area contributed by atoms with Crippen LogP contribution in [0.1, 0.15) is 53.8 Å². The van der Waals surface area contributed by atoms with E-state index in [9.17, 15) is 4.79 Å². The molecule has 0 saturated heterocycles. The number of pyridine rings is 1. The second-order valence-electron chi connectivity index (χ2n) is 7.46. The summed E-state index contributed by atoms with van der Waals surface area (Å²) in [5, 5.41) is 19.6. The van der Waals surface area contributed by atoms with Gasteiger partial charge in [-0.25, -0.2) is 10.1 Å². The molecule has 0 unspecified atom stereocenters. The van der Waals surface area contributed by atoms with Crippen molar-refractivity contribution in [1.82, 2.24) is 40.6 Å². The number of nitrogens with two attached hydrogens (primary N) is 1. The van der Waals surface area contributed by atoms with Crippen LogP contribution in [0.2, 0.25) is 0 Å². The highest BCUT2D eigenvalue weighted by atomic mass is 16.6. The number of aromatic nitrogens is 6. The van der Waals surface area contributed by atoms with Gasteiger partial charge in [0.05, 0.1) is 11.9 Å². The Labute approximate surface area is 178 Å². The quantitative estimate of drug-likeness (QED) is 0.420. The molecule has 12 heteroatoms. The SMILES string of the molecule is CN(Cc1c(C(=O)N/N=C/c2ccncc2)nnn1-c1nonc1N)C1CCCCC1. The van der Waals surface area contributed by atoms with E-state index in [1.54, 1.807) is 24.5 Å². The molecule has 3 heterocycles. The Balaban J connectivity index is 1.57. The summed E-state index contributed by atoms with van der Waals surface area (Å²) in [6.45, 7) is 0.431. The van der Waals surface area contributed by atoms with Crippen molar-refractivity contribution in [3.63, 3.8) is 0 Å². The van der Waals surface area contributed by atoms with Gasteiger partial charge in [-0.2, -0.15) is 9.78 Å². The van der Waals surface area contributed by atoms with Crippen LogP contribution < -0.4 is 11.2 Å². The van der Waals surface area contributed by atoms with Gasteiger partial charge in [0.15, 0.2) is 5.69 Å². The lowest BCUT2D eigenvalue weighted by Gasteiger charge is -2.31. The number of nitrogens with one attached hydrogen (secondary N) is 1. The normalized spacial score (nSPS) is 15.0. The van der Waals surface area contributed by atoms with E-state index >= 15 is 0 Å². The number of hydrogen-bond donors (Lipinski definition) is 2. The monoisotopic (exact) mass is 424 g/mol. The van der Waals surface area contributed by atoms with Crippen LogP contribution in [0.15, 0.2) is 34.3 Å². The highest BCUT2D eigenvalue weighted by Crippen LogP contribution is 2.24. The molecule has 0 bridgehead atoms. The number of amides is 1. The van der Waals surface area contributed by atoms with E-state index in [4.69, 9.17) is 10.4 Å². The standard InChI is InChI=1S/C19H24N10O2/c1-28(14-5-3-2-4-6-14)12-15-16(23-27-29(15)18-17(20)25-31-26-18)19(30)24-22-11-13-7-9-21-10-8-13/h7-11,14H,2-6,12H2,1H3,(H2,20,25)(H,24,30)/b22-11+. The molecule has 1 aliphatic rings. The molecule has 3 aromatic rings. The van der Waals surface area contributed by atoms with Crippen molar-refractivity contribution < 1.29 is 9.42 Å². The highest BCUT2D eigenvalue weighted by molar-refractivity contribution is 5.94. The van der Waals surface area contributed by atoms with Gasteiger partial charge in [0.25, 0.3) is 5.91 Å². The molecule has 0 aliphatic heterocycles. The smallest absolute Gasteiger partial charge is 0.293 e. The first-order valence-electron chi connectivity index (χ1n) is 10.1. The van der Waals surface area contributed by atoms with E-state index in [2.05, 4.69) is 41.0 Å². The molecule has 3 aromatic heterocycles. The lowest BCUT2D eigenvalue weighted by atomic mass is 9.94. The Morgan fingerprint density at radius 2 is 2.10 bits per heavy atom. The average molecular weight is 424 g/mol. The molecule has 1 aliphatic carbocycles. The number of hydrogen-bond acceptors (Lipinski definition) is 10. The number of nitrogen functional groups attached to an aromatic ring is 1. The lowest BCUT2D eigenvalue weighted by Crippen LogP contribution is -2.34. The third-order valence-corrected chi connectivity index (χ3v) is 5.36. The molecule has 0 aromatic carbocycles. The molecule has 31 heavy (non-hydrogen) atoms. The number of carbonyl (C=O) groups excluding carboxylic acids is 1. The summed E-state index contributed by atoms with van der Waals surface area (Å²) in [4.78, 5) is 19.0. The van der Waals surface area contributed by atoms with Crippen LogP contribution in [0, 0.1) is 0 Å². The first kappa shape index (κ1) is 20.6. The van der Waals surface area contributed by atoms with Crippen LogP contribution in [0.5, 0.6) is 0 Å². The molecular weight excluding hydrogens is 400 g/mol. The van der Waals surface area contributed by atoms with E-state index in [1.165, 1.54) is 30.2 Å². The van der Waals surface area contributed by atoms with Crippen LogP contribution in [0.3, 0.4) is 0 Å². The number of anilines is 1. The predicted molar refractivity (Wildman–Crippen MR) is 111 cm³/mol. The van der Waals surface area contributed by atoms with Crippen molar-refractivity contribution in [2.75, 3.05) is 12.8 Å². The van der Waals surface area contributed by atoms with Gasteiger partial charge in [0, 0.05) is 25.0 Å². The van der Waals surface area contributed by atoms with Crippen molar-refractivity contribution in [3.8, 4) is 5.82 Å². The van der Waals surface area contributed by atoms with E-state index in [0.29, 0.717) is 18.3 Å². The van der Waals surface area contributed by atoms with Crippen molar-refractivity contribution in [2.45, 2.75) is 44.7 Å². The van der Waals surface area contributed by atoms with Gasteiger partial charge in [0.1, 0.15) is 0 Å². The van der Waals surface area contributed by atoms with Gasteiger partial charge in [0.2, 0.25) is 11.6 Å². The second kappa shape index (κ2) is 9.43. The number of nitrogens with zero attached hydrogens (tertiary/aromatic N) is 8. The maximum Gasteiger partial charge on any atom is 0.293 e. The van der Waals surface area contributed by atoms with Crippen LogP contribution >= 0.6 is 0 Å². The number of carbonyl (C=O) groups is 1. The Kier molecular flexibility index (Phi) is 6.26. The molecule has 162 valence electrons. The summed E-state index contributed by atoms with van der Waals surface area (Å²) in [5.74, 6) is -0.230. The molecule has 1 fully saturated rings. The van der Waals surface area contributed by atoms with Gasteiger partial charge in [-0.3, -0.25) is 14.7 Å². The van der Waals surface area contributed by atoms with Crippen molar-refractivity contribution in [3.05, 3.63) is 41.5 Å². The second-order valence-corrected chi connectivity index (χ2v) is 7.46. The molecule has 3 N–H and O–H groups in total. The Hall–Kier alpha value is -3.67. The molecule has 4 rings (SSSR count). The summed E-state index contributed by atoms with van der Waals surface area (Å²) < 4.78 is 6.10. The average Bonchev–Trinajstić information content (AvgIpc) is 3.40. The van der Waals surface area contributed by atoms with Crippen molar-refractivity contribution in [1.29, 1.82) is 0 Å². The van der Waals surface area contributed by atoms with E-state index in [-0.39, 0.29) is 17.3 Å². The highest BCUT2D eigenvalue weighted by Gasteiger charge is 2.27. The third-order valence-electron chi connectivity index (χ3n) is 5.36. The Bertz CT molecular complexity index is 1040. The van der Waals surface area contributed by atoms with Crippen LogP contribution in [0.4, 0.5) is 5.82 Å². The first-order valence-corrected chi connectivity index (χ1v) is 10.1. The van der Waals surface area contributed by atoms with Gasteiger partial charge < -0.3 is 5.73 Å². The zero-order valence-corrected chi connectivity index (χ0v) is 17.2. The lowest BCUT2D eigenvalue weighted by molar-refractivity contribution is 0.0947. The van der Waals surface area contributed by atoms with Crippen molar-refractivity contribution in [2.24, 2.45) is 5.10 Å². The third kappa shape index (κ3) is 4.74. The fraction of sp³-hybridized carbons (Fsp3) is 0.421. The molecule has 12 nitrogen and oxygen atoms in total. The zero-order valence-electron chi connectivity index (χ0n) is 17.2. The van der Waals surface area contributed by atoms with Gasteiger partial charge >= 0.3 is 0 Å². The largest absolute Gasteiger partial charge is 0.378 e. The maximum absolute atomic E-state index is 12.8. The summed E-state index contributed by atoms with van der Waals surface area (Å²) >= 11 is 0. The maximum atomic E-state index is 12.8. The van der Waals surface area contributed by atoms with E-state index in [0.717, 1.165) is 18.4 Å². The predicted octanol–water partition coefficient (Wildman–Crippen LogP) is 1.16. The molecule has 1 amide bonds. The summed E-state index contributed by atoms with van der Waals surface area (Å²) in [6, 6.07) is 3.97. The molecule has 1 saturated carbocycles. The van der Waals surface area contributed by atoms with Gasteiger partial charge in [-0.05, 0) is 47.9 Å². The molecule has 0 radical (unpaired) electrons. The van der Waals surface area contributed by atoms with Crippen LogP contribution in [-0.2, 0) is 6.54 Å². The minimum atomic E-state index is -0.487. The molecule has 0 atom stereocenters. The van der Waals surface area contributed by atoms with Crippen LogP contribution in [0.25, 0.3) is 5.82 Å². The van der Waals surface area contributed by atoms with Crippen LogP contribution in [-0.4, -0.2) is 60.4 Å². The number of rotatable bonds is 7. The Morgan fingerprint density at radius 1 is 1.32 bits per heavy atom. The molecular formula is C19H24N10O2. The van der Waals surface area contributed by atoms with Gasteiger partial charge in [-0.15, -0.1) is 5.10 Å². The minimum Gasteiger partial charge on any atom is -0.378 e. The zero-order chi connectivity index (χ0) is 21.6. The summed E-state index contributed by atoms with van der Waals surface area (Å²) in [7, 11) is 2.03. The minimum absolute atomic E-state index is 0.0640. The van der Waals surface area contributed by atoms with Crippen molar-refractivity contribution >= 4 is 17.9 Å². The Morgan fingerprint density at radius 3 is 2.81 bits per heavy atom. The fourth-order valence-corrected chi connectivity index (χ4v) is 3.68. The van der Waals surface area contributed by atoms with Gasteiger partial charge in [-0.1, -0.05) is 24.5 Å². The summed E-state index contributed by atoms with van der Waals surface area (Å²) in [5.41, 5.74) is 9.82. The fourth-order valence-electron chi connectivity index (χ4n) is 3.68. The number of hydrazone groups is 1. The van der Waals surface area contributed by atoms with E-state index < -0.39 is 5.91 Å². The van der Waals surface area contributed by atoms with E-state index in [1.807, 2.05) is 7.05 Å². The molecule has 0 spiro atoms. The first-order chi connectivity index (χ1) is 15.1. The topological polar surface area (TPSA) is 153 Å².